The Bertz CT molecular complexity index is 538. The molecule has 5 heteroatoms. The number of nitrogens with zero attached hydrogens (tertiary/aromatic N) is 3. The Labute approximate surface area is 126 Å². The van der Waals surface area contributed by atoms with E-state index >= 15 is 0 Å². The summed E-state index contributed by atoms with van der Waals surface area (Å²) in [5.74, 6) is 2.06. The number of likely N-dealkylation sites (N-methyl/N-ethyl adjacent to an activating group) is 1. The van der Waals surface area contributed by atoms with Crippen LogP contribution in [-0.4, -0.2) is 27.7 Å². The zero-order valence-electron chi connectivity index (χ0n) is 13.2. The number of hydrogen-bond acceptors (Lipinski definition) is 5. The fourth-order valence-electron chi connectivity index (χ4n) is 2.66. The van der Waals surface area contributed by atoms with Crippen LogP contribution in [0.1, 0.15) is 51.0 Å². The molecule has 0 bridgehead atoms. The Morgan fingerprint density at radius 2 is 2.05 bits per heavy atom. The molecule has 21 heavy (non-hydrogen) atoms. The molecule has 2 aromatic rings. The van der Waals surface area contributed by atoms with Crippen molar-refractivity contribution in [2.75, 3.05) is 6.54 Å². The van der Waals surface area contributed by atoms with Crippen LogP contribution in [0.5, 0.6) is 0 Å². The first-order valence-electron chi connectivity index (χ1n) is 7.57. The molecule has 0 aliphatic heterocycles. The lowest BCUT2D eigenvalue weighted by molar-refractivity contribution is 0.280. The molecule has 0 radical (unpaired) electrons. The summed E-state index contributed by atoms with van der Waals surface area (Å²) in [5.41, 5.74) is 0.950. The minimum atomic E-state index is 0.218. The molecule has 2 aromatic heterocycles. The van der Waals surface area contributed by atoms with Gasteiger partial charge < -0.3 is 9.84 Å². The van der Waals surface area contributed by atoms with E-state index in [9.17, 15) is 0 Å². The normalized spacial score (nSPS) is 14.3. The van der Waals surface area contributed by atoms with Gasteiger partial charge in [0.1, 0.15) is 0 Å². The quantitative estimate of drug-likeness (QED) is 0.848. The van der Waals surface area contributed by atoms with E-state index in [1.54, 1.807) is 6.20 Å². The molecule has 5 nitrogen and oxygen atoms in total. The van der Waals surface area contributed by atoms with Crippen LogP contribution in [0.3, 0.4) is 0 Å². The standard InChI is InChI=1S/C16H24N4O/c1-5-17-12(4)15(11(2)3)16-19-14(20-21-16)10-13-8-6-7-9-18-13/h6-9,11-12,15,17H,5,10H2,1-4H3. The number of nitrogens with one attached hydrogen (secondary N) is 1. The van der Waals surface area contributed by atoms with Gasteiger partial charge in [0.15, 0.2) is 5.82 Å². The first kappa shape index (κ1) is 15.6. The summed E-state index contributed by atoms with van der Waals surface area (Å²) >= 11 is 0. The predicted octanol–water partition coefficient (Wildman–Crippen LogP) is 2.79. The topological polar surface area (TPSA) is 63.8 Å². The van der Waals surface area contributed by atoms with Gasteiger partial charge >= 0.3 is 0 Å². The largest absolute Gasteiger partial charge is 0.339 e. The SMILES string of the molecule is CCNC(C)C(c1nc(Cc2ccccn2)no1)C(C)C. The number of aromatic nitrogens is 3. The van der Waals surface area contributed by atoms with Crippen LogP contribution < -0.4 is 5.32 Å². The second-order valence-electron chi connectivity index (χ2n) is 5.66. The molecule has 0 saturated carbocycles. The summed E-state index contributed by atoms with van der Waals surface area (Å²) in [4.78, 5) is 8.87. The lowest BCUT2D eigenvalue weighted by atomic mass is 9.89. The molecule has 0 fully saturated rings. The molecule has 0 spiro atoms. The molecule has 2 unspecified atom stereocenters. The zero-order chi connectivity index (χ0) is 15.2. The molecule has 1 N–H and O–H groups in total. The van der Waals surface area contributed by atoms with Crippen molar-refractivity contribution < 1.29 is 4.52 Å². The van der Waals surface area contributed by atoms with E-state index in [0.29, 0.717) is 30.1 Å². The molecule has 0 saturated heterocycles. The Morgan fingerprint density at radius 1 is 1.24 bits per heavy atom. The molecule has 0 aliphatic carbocycles. The summed E-state index contributed by atoms with van der Waals surface area (Å²) in [7, 11) is 0. The number of hydrogen-bond donors (Lipinski definition) is 1. The van der Waals surface area contributed by atoms with Crippen LogP contribution in [0.15, 0.2) is 28.9 Å². The minimum absolute atomic E-state index is 0.218. The lowest BCUT2D eigenvalue weighted by Gasteiger charge is -2.24. The second kappa shape index (κ2) is 7.31. The van der Waals surface area contributed by atoms with Crippen molar-refractivity contribution >= 4 is 0 Å². The summed E-state index contributed by atoms with van der Waals surface area (Å²) in [6.07, 6.45) is 2.38. The van der Waals surface area contributed by atoms with E-state index in [1.807, 2.05) is 18.2 Å². The molecular weight excluding hydrogens is 264 g/mol. The van der Waals surface area contributed by atoms with E-state index in [4.69, 9.17) is 4.52 Å². The molecule has 0 amide bonds. The van der Waals surface area contributed by atoms with E-state index in [-0.39, 0.29) is 5.92 Å². The maximum atomic E-state index is 5.50. The Balaban J connectivity index is 2.13. The van der Waals surface area contributed by atoms with E-state index in [0.717, 1.165) is 12.2 Å². The van der Waals surface area contributed by atoms with E-state index in [2.05, 4.69) is 48.1 Å². The van der Waals surface area contributed by atoms with Gasteiger partial charge in [0.2, 0.25) is 5.89 Å². The second-order valence-corrected chi connectivity index (χ2v) is 5.66. The van der Waals surface area contributed by atoms with Gasteiger partial charge in [0.25, 0.3) is 0 Å². The fourth-order valence-corrected chi connectivity index (χ4v) is 2.66. The van der Waals surface area contributed by atoms with Crippen LogP contribution in [0.4, 0.5) is 0 Å². The smallest absolute Gasteiger partial charge is 0.231 e. The van der Waals surface area contributed by atoms with Gasteiger partial charge in [-0.2, -0.15) is 4.98 Å². The highest BCUT2D eigenvalue weighted by Gasteiger charge is 2.27. The van der Waals surface area contributed by atoms with Crippen molar-refractivity contribution in [3.8, 4) is 0 Å². The van der Waals surface area contributed by atoms with E-state index in [1.165, 1.54) is 0 Å². The van der Waals surface area contributed by atoms with Gasteiger partial charge in [-0.25, -0.2) is 0 Å². The van der Waals surface area contributed by atoms with Crippen LogP contribution in [0.25, 0.3) is 0 Å². The van der Waals surface area contributed by atoms with Crippen molar-refractivity contribution in [2.45, 2.75) is 46.1 Å². The Kier molecular flexibility index (Phi) is 5.44. The van der Waals surface area contributed by atoms with Gasteiger partial charge in [-0.15, -0.1) is 0 Å². The van der Waals surface area contributed by atoms with Crippen LogP contribution in [-0.2, 0) is 6.42 Å². The minimum Gasteiger partial charge on any atom is -0.339 e. The van der Waals surface area contributed by atoms with Crippen molar-refractivity contribution in [3.05, 3.63) is 41.8 Å². The highest BCUT2D eigenvalue weighted by molar-refractivity contribution is 5.10. The first-order chi connectivity index (χ1) is 10.1. The Hall–Kier alpha value is -1.75. The molecule has 0 aromatic carbocycles. The highest BCUT2D eigenvalue weighted by Crippen LogP contribution is 2.26. The average molecular weight is 288 g/mol. The summed E-state index contributed by atoms with van der Waals surface area (Å²) in [6, 6.07) is 6.14. The molecule has 114 valence electrons. The molecule has 0 aliphatic rings. The number of rotatable bonds is 7. The summed E-state index contributed by atoms with van der Waals surface area (Å²) in [6.45, 7) is 9.56. The predicted molar refractivity (Wildman–Crippen MR) is 82.1 cm³/mol. The van der Waals surface area contributed by atoms with Crippen LogP contribution in [0.2, 0.25) is 0 Å². The van der Waals surface area contributed by atoms with Gasteiger partial charge in [-0.1, -0.05) is 32.0 Å². The molecule has 2 atom stereocenters. The van der Waals surface area contributed by atoms with Crippen LogP contribution in [0, 0.1) is 5.92 Å². The van der Waals surface area contributed by atoms with E-state index < -0.39 is 0 Å². The maximum absolute atomic E-state index is 5.50. The summed E-state index contributed by atoms with van der Waals surface area (Å²) in [5, 5.41) is 7.55. The average Bonchev–Trinajstić information content (AvgIpc) is 2.88. The van der Waals surface area contributed by atoms with Gasteiger partial charge in [-0.3, -0.25) is 4.98 Å². The zero-order valence-corrected chi connectivity index (χ0v) is 13.2. The fraction of sp³-hybridized carbons (Fsp3) is 0.562. The summed E-state index contributed by atoms with van der Waals surface area (Å²) < 4.78 is 5.50. The van der Waals surface area contributed by atoms with Crippen molar-refractivity contribution in [2.24, 2.45) is 5.92 Å². The van der Waals surface area contributed by atoms with Gasteiger partial charge in [0.05, 0.1) is 12.3 Å². The van der Waals surface area contributed by atoms with Crippen molar-refractivity contribution in [1.82, 2.24) is 20.4 Å². The monoisotopic (exact) mass is 288 g/mol. The third-order valence-electron chi connectivity index (χ3n) is 3.62. The third-order valence-corrected chi connectivity index (χ3v) is 3.62. The maximum Gasteiger partial charge on any atom is 0.231 e. The lowest BCUT2D eigenvalue weighted by Crippen LogP contribution is -2.34. The third kappa shape index (κ3) is 4.11. The highest BCUT2D eigenvalue weighted by atomic mass is 16.5. The first-order valence-corrected chi connectivity index (χ1v) is 7.57. The molecular formula is C16H24N4O. The van der Waals surface area contributed by atoms with Crippen LogP contribution >= 0.6 is 0 Å². The number of pyridine rings is 1. The van der Waals surface area contributed by atoms with Crippen molar-refractivity contribution in [1.29, 1.82) is 0 Å². The van der Waals surface area contributed by atoms with Gasteiger partial charge in [-0.05, 0) is 31.5 Å². The van der Waals surface area contributed by atoms with Crippen molar-refractivity contribution in [3.63, 3.8) is 0 Å². The van der Waals surface area contributed by atoms with Gasteiger partial charge in [0, 0.05) is 17.9 Å². The Morgan fingerprint density at radius 3 is 2.67 bits per heavy atom. The molecule has 2 heterocycles. The molecule has 2 rings (SSSR count).